The summed E-state index contributed by atoms with van der Waals surface area (Å²) >= 11 is 0. The predicted molar refractivity (Wildman–Crippen MR) is 60.9 cm³/mol. The van der Waals surface area contributed by atoms with Crippen LogP contribution in [0.5, 0.6) is 0 Å². The second-order valence-electron chi connectivity index (χ2n) is 4.03. The third-order valence-corrected chi connectivity index (χ3v) is 2.69. The van der Waals surface area contributed by atoms with Crippen molar-refractivity contribution in [1.82, 2.24) is 4.98 Å². The number of oxazole rings is 1. The zero-order chi connectivity index (χ0) is 11.0. The fourth-order valence-corrected chi connectivity index (χ4v) is 1.67. The van der Waals surface area contributed by atoms with Gasteiger partial charge in [-0.3, -0.25) is 0 Å². The van der Waals surface area contributed by atoms with Crippen LogP contribution in [0.15, 0.2) is 22.7 Å². The lowest BCUT2D eigenvalue weighted by molar-refractivity contribution is 0.542. The third kappa shape index (κ3) is 1.80. The van der Waals surface area contributed by atoms with E-state index in [1.807, 2.05) is 6.92 Å². The molecule has 1 aromatic heterocycles. The van der Waals surface area contributed by atoms with Crippen molar-refractivity contribution in [3.8, 4) is 11.5 Å². The molecule has 0 fully saturated rings. The molecule has 15 heavy (non-hydrogen) atoms. The summed E-state index contributed by atoms with van der Waals surface area (Å²) in [6, 6.07) is 4.31. The largest absolute Gasteiger partial charge is 0.441 e. The molecule has 2 rings (SSSR count). The van der Waals surface area contributed by atoms with Gasteiger partial charge in [0.1, 0.15) is 5.76 Å². The van der Waals surface area contributed by atoms with E-state index in [-0.39, 0.29) is 0 Å². The minimum absolute atomic E-state index is 0.716. The molecule has 0 aliphatic rings. The first-order chi connectivity index (χ1) is 7.08. The van der Waals surface area contributed by atoms with Gasteiger partial charge in [0.05, 0.1) is 6.20 Å². The monoisotopic (exact) mass is 201 g/mol. The molecule has 0 amide bonds. The number of hydrogen-bond acceptors (Lipinski definition) is 2. The molecule has 1 heterocycles. The summed E-state index contributed by atoms with van der Waals surface area (Å²) in [7, 11) is 0. The van der Waals surface area contributed by atoms with Gasteiger partial charge in [-0.05, 0) is 50.5 Å². The van der Waals surface area contributed by atoms with Crippen LogP contribution in [0.3, 0.4) is 0 Å². The van der Waals surface area contributed by atoms with Gasteiger partial charge in [-0.15, -0.1) is 0 Å². The van der Waals surface area contributed by atoms with E-state index in [4.69, 9.17) is 4.42 Å². The Bertz CT molecular complexity index is 497. The van der Waals surface area contributed by atoms with Gasteiger partial charge >= 0.3 is 0 Å². The van der Waals surface area contributed by atoms with Crippen molar-refractivity contribution in [2.45, 2.75) is 27.7 Å². The van der Waals surface area contributed by atoms with Crippen LogP contribution >= 0.6 is 0 Å². The molecule has 0 unspecified atom stereocenters. The summed E-state index contributed by atoms with van der Waals surface area (Å²) in [6.07, 6.45) is 1.75. The molecular formula is C13H15NO. The summed E-state index contributed by atoms with van der Waals surface area (Å²) in [5.74, 6) is 1.57. The van der Waals surface area contributed by atoms with Crippen LogP contribution in [0.1, 0.15) is 22.5 Å². The summed E-state index contributed by atoms with van der Waals surface area (Å²) in [6.45, 7) is 8.22. The fourth-order valence-electron chi connectivity index (χ4n) is 1.67. The van der Waals surface area contributed by atoms with E-state index in [0.29, 0.717) is 5.89 Å². The van der Waals surface area contributed by atoms with Crippen molar-refractivity contribution in [2.24, 2.45) is 0 Å². The van der Waals surface area contributed by atoms with E-state index in [1.54, 1.807) is 6.20 Å². The molecule has 2 nitrogen and oxygen atoms in total. The van der Waals surface area contributed by atoms with E-state index >= 15 is 0 Å². The Morgan fingerprint density at radius 1 is 0.933 bits per heavy atom. The number of benzene rings is 1. The second-order valence-corrected chi connectivity index (χ2v) is 4.03. The van der Waals surface area contributed by atoms with Gasteiger partial charge in [-0.2, -0.15) is 0 Å². The molecule has 2 heteroatoms. The average Bonchev–Trinajstić information content (AvgIpc) is 2.58. The van der Waals surface area contributed by atoms with Crippen LogP contribution in [0, 0.1) is 27.7 Å². The van der Waals surface area contributed by atoms with Gasteiger partial charge < -0.3 is 4.42 Å². The summed E-state index contributed by atoms with van der Waals surface area (Å²) < 4.78 is 5.53. The highest BCUT2D eigenvalue weighted by Gasteiger charge is 2.09. The average molecular weight is 201 g/mol. The number of hydrogen-bond donors (Lipinski definition) is 0. The number of rotatable bonds is 1. The smallest absolute Gasteiger partial charge is 0.226 e. The van der Waals surface area contributed by atoms with E-state index in [1.165, 1.54) is 16.7 Å². The van der Waals surface area contributed by atoms with Crippen molar-refractivity contribution >= 4 is 0 Å². The lowest BCUT2D eigenvalue weighted by Crippen LogP contribution is -1.88. The van der Waals surface area contributed by atoms with Crippen molar-refractivity contribution in [2.75, 3.05) is 0 Å². The molecule has 0 aliphatic carbocycles. The fraction of sp³-hybridized carbons (Fsp3) is 0.308. The van der Waals surface area contributed by atoms with Gasteiger partial charge in [-0.1, -0.05) is 6.07 Å². The summed E-state index contributed by atoms with van der Waals surface area (Å²) in [5.41, 5.74) is 4.87. The van der Waals surface area contributed by atoms with E-state index < -0.39 is 0 Å². The van der Waals surface area contributed by atoms with Gasteiger partial charge in [0.25, 0.3) is 0 Å². The van der Waals surface area contributed by atoms with Crippen LogP contribution in [-0.4, -0.2) is 4.98 Å². The molecule has 0 bridgehead atoms. The number of aryl methyl sites for hydroxylation is 4. The van der Waals surface area contributed by atoms with Crippen LogP contribution in [0.25, 0.3) is 11.5 Å². The third-order valence-electron chi connectivity index (χ3n) is 2.69. The molecule has 0 radical (unpaired) electrons. The van der Waals surface area contributed by atoms with Crippen molar-refractivity contribution < 1.29 is 4.42 Å². The minimum Gasteiger partial charge on any atom is -0.441 e. The van der Waals surface area contributed by atoms with Crippen LogP contribution < -0.4 is 0 Å². The molecule has 2 aromatic rings. The van der Waals surface area contributed by atoms with E-state index in [9.17, 15) is 0 Å². The first-order valence-corrected chi connectivity index (χ1v) is 5.08. The maximum absolute atomic E-state index is 5.53. The molecule has 0 saturated heterocycles. The SMILES string of the molecule is Cc1cnc(-c2cc(C)c(C)cc2C)o1. The Balaban J connectivity index is 2.58. The summed E-state index contributed by atoms with van der Waals surface area (Å²) in [4.78, 5) is 4.25. The number of nitrogens with zero attached hydrogens (tertiary/aromatic N) is 1. The Kier molecular flexibility index (Phi) is 2.35. The van der Waals surface area contributed by atoms with Crippen molar-refractivity contribution in [3.63, 3.8) is 0 Å². The van der Waals surface area contributed by atoms with Crippen LogP contribution in [-0.2, 0) is 0 Å². The maximum Gasteiger partial charge on any atom is 0.226 e. The molecule has 0 spiro atoms. The molecule has 0 saturated carbocycles. The quantitative estimate of drug-likeness (QED) is 0.704. The zero-order valence-electron chi connectivity index (χ0n) is 9.59. The number of aromatic nitrogens is 1. The van der Waals surface area contributed by atoms with E-state index in [2.05, 4.69) is 37.9 Å². The standard InChI is InChI=1S/C13H15NO/c1-8-5-10(3)12(6-9(8)2)13-14-7-11(4)15-13/h5-7H,1-4H3. The topological polar surface area (TPSA) is 26.0 Å². The van der Waals surface area contributed by atoms with Crippen molar-refractivity contribution in [3.05, 3.63) is 40.8 Å². The lowest BCUT2D eigenvalue weighted by Gasteiger charge is -2.06. The first kappa shape index (κ1) is 9.97. The Morgan fingerprint density at radius 3 is 2.20 bits per heavy atom. The van der Waals surface area contributed by atoms with Gasteiger partial charge in [0.2, 0.25) is 5.89 Å². The Hall–Kier alpha value is -1.57. The van der Waals surface area contributed by atoms with Crippen molar-refractivity contribution in [1.29, 1.82) is 0 Å². The highest BCUT2D eigenvalue weighted by Crippen LogP contribution is 2.25. The molecule has 0 N–H and O–H groups in total. The second kappa shape index (κ2) is 3.54. The molecular weight excluding hydrogens is 186 g/mol. The summed E-state index contributed by atoms with van der Waals surface area (Å²) in [5, 5.41) is 0. The maximum atomic E-state index is 5.53. The van der Waals surface area contributed by atoms with Crippen LogP contribution in [0.4, 0.5) is 0 Å². The first-order valence-electron chi connectivity index (χ1n) is 5.08. The molecule has 0 aliphatic heterocycles. The zero-order valence-corrected chi connectivity index (χ0v) is 9.59. The Labute approximate surface area is 90.0 Å². The normalized spacial score (nSPS) is 10.7. The predicted octanol–water partition coefficient (Wildman–Crippen LogP) is 3.58. The van der Waals surface area contributed by atoms with Gasteiger partial charge in [-0.25, -0.2) is 4.98 Å². The molecule has 0 atom stereocenters. The Morgan fingerprint density at radius 2 is 1.60 bits per heavy atom. The lowest BCUT2D eigenvalue weighted by atomic mass is 10.0. The highest BCUT2D eigenvalue weighted by atomic mass is 16.4. The van der Waals surface area contributed by atoms with Gasteiger partial charge in [0, 0.05) is 5.56 Å². The van der Waals surface area contributed by atoms with Gasteiger partial charge in [0.15, 0.2) is 0 Å². The highest BCUT2D eigenvalue weighted by molar-refractivity contribution is 5.60. The van der Waals surface area contributed by atoms with Crippen LogP contribution in [0.2, 0.25) is 0 Å². The molecule has 1 aromatic carbocycles. The minimum atomic E-state index is 0.716. The van der Waals surface area contributed by atoms with E-state index in [0.717, 1.165) is 11.3 Å². The molecule has 78 valence electrons.